The van der Waals surface area contributed by atoms with E-state index in [-0.39, 0.29) is 25.2 Å². The van der Waals surface area contributed by atoms with Crippen LogP contribution in [0.15, 0.2) is 0 Å². The summed E-state index contributed by atoms with van der Waals surface area (Å²) < 4.78 is 10.6. The number of aliphatic hydroxyl groups is 1. The molecule has 0 saturated carbocycles. The average molecular weight is 639 g/mol. The molecule has 0 heterocycles. The Kier molecular flexibility index (Phi) is 36.4. The van der Waals surface area contributed by atoms with E-state index in [1.807, 2.05) is 0 Å². The van der Waals surface area contributed by atoms with Gasteiger partial charge >= 0.3 is 11.9 Å². The van der Waals surface area contributed by atoms with Crippen LogP contribution in [0.2, 0.25) is 0 Å². The Morgan fingerprint density at radius 2 is 0.689 bits per heavy atom. The fourth-order valence-electron chi connectivity index (χ4n) is 6.08. The summed E-state index contributed by atoms with van der Waals surface area (Å²) in [5.41, 5.74) is 0. The second-order valence-electron chi connectivity index (χ2n) is 13.7. The van der Waals surface area contributed by atoms with Gasteiger partial charge in [0.2, 0.25) is 0 Å². The molecule has 0 aromatic rings. The van der Waals surface area contributed by atoms with E-state index in [0.29, 0.717) is 12.8 Å². The quantitative estimate of drug-likeness (QED) is 0.0541. The first-order valence-electron chi connectivity index (χ1n) is 20.1. The van der Waals surface area contributed by atoms with Gasteiger partial charge in [-0.2, -0.15) is 0 Å². The summed E-state index contributed by atoms with van der Waals surface area (Å²) in [5, 5.41) is 9.55. The van der Waals surface area contributed by atoms with Crippen molar-refractivity contribution in [2.75, 3.05) is 13.2 Å². The van der Waals surface area contributed by atoms with E-state index in [1.54, 1.807) is 0 Å². The molecule has 1 atom stereocenters. The van der Waals surface area contributed by atoms with Gasteiger partial charge in [-0.3, -0.25) is 9.59 Å². The van der Waals surface area contributed by atoms with Crippen LogP contribution in [-0.2, 0) is 19.1 Å². The van der Waals surface area contributed by atoms with Crippen LogP contribution >= 0.6 is 0 Å². The maximum Gasteiger partial charge on any atom is 0.306 e. The van der Waals surface area contributed by atoms with Gasteiger partial charge in [0.1, 0.15) is 6.61 Å². The smallest absolute Gasteiger partial charge is 0.306 e. The number of carbonyl (C=O) groups excluding carboxylic acids is 2. The van der Waals surface area contributed by atoms with Crippen molar-refractivity contribution in [1.29, 1.82) is 0 Å². The predicted molar refractivity (Wildman–Crippen MR) is 192 cm³/mol. The van der Waals surface area contributed by atoms with Crippen molar-refractivity contribution in [3.05, 3.63) is 0 Å². The molecule has 0 aromatic carbocycles. The number of carbonyl (C=O) groups is 2. The lowest BCUT2D eigenvalue weighted by Gasteiger charge is -2.15. The Morgan fingerprint density at radius 3 is 0.978 bits per heavy atom. The van der Waals surface area contributed by atoms with Crippen molar-refractivity contribution in [3.63, 3.8) is 0 Å². The molecule has 5 heteroatoms. The number of rotatable bonds is 37. The molecule has 268 valence electrons. The molecule has 0 spiro atoms. The van der Waals surface area contributed by atoms with Crippen LogP contribution in [-0.4, -0.2) is 36.4 Å². The van der Waals surface area contributed by atoms with Crippen molar-refractivity contribution < 1.29 is 24.2 Å². The number of aliphatic hydroxyl groups excluding tert-OH is 1. The number of hydrogen-bond donors (Lipinski definition) is 1. The molecule has 0 radical (unpaired) electrons. The molecular weight excluding hydrogens is 560 g/mol. The Hall–Kier alpha value is -1.10. The first-order chi connectivity index (χ1) is 22.1. The van der Waals surface area contributed by atoms with Crippen molar-refractivity contribution in [1.82, 2.24) is 0 Å². The zero-order valence-corrected chi connectivity index (χ0v) is 30.4. The maximum atomic E-state index is 12.2. The highest BCUT2D eigenvalue weighted by atomic mass is 16.6. The fourth-order valence-corrected chi connectivity index (χ4v) is 6.08. The Labute approximate surface area is 280 Å². The largest absolute Gasteiger partial charge is 0.462 e. The van der Waals surface area contributed by atoms with Crippen LogP contribution in [0, 0.1) is 0 Å². The lowest BCUT2D eigenvalue weighted by Crippen LogP contribution is -2.28. The van der Waals surface area contributed by atoms with E-state index in [9.17, 15) is 14.7 Å². The number of hydrogen-bond acceptors (Lipinski definition) is 5. The number of esters is 2. The second kappa shape index (κ2) is 37.4. The molecule has 0 amide bonds. The summed E-state index contributed by atoms with van der Waals surface area (Å²) in [4.78, 5) is 24.2. The number of unbranched alkanes of at least 4 members (excludes halogenated alkanes) is 29. The van der Waals surface area contributed by atoms with E-state index in [4.69, 9.17) is 9.47 Å². The van der Waals surface area contributed by atoms with Gasteiger partial charge in [0.25, 0.3) is 0 Å². The predicted octanol–water partition coefficient (Wildman–Crippen LogP) is 12.3. The lowest BCUT2D eigenvalue weighted by atomic mass is 10.0. The summed E-state index contributed by atoms with van der Waals surface area (Å²) >= 11 is 0. The minimum absolute atomic E-state index is 0.0569. The van der Waals surface area contributed by atoms with E-state index >= 15 is 0 Å². The highest BCUT2D eigenvalue weighted by Crippen LogP contribution is 2.16. The van der Waals surface area contributed by atoms with Crippen LogP contribution in [0.5, 0.6) is 0 Å². The molecule has 0 aromatic heterocycles. The molecular formula is C40H78O5. The molecule has 0 saturated heterocycles. The Balaban J connectivity index is 3.48. The van der Waals surface area contributed by atoms with Gasteiger partial charge in [-0.15, -0.1) is 0 Å². The monoisotopic (exact) mass is 639 g/mol. The lowest BCUT2D eigenvalue weighted by molar-refractivity contribution is -0.161. The minimum atomic E-state index is -0.761. The van der Waals surface area contributed by atoms with Gasteiger partial charge in [0.15, 0.2) is 6.10 Å². The molecule has 45 heavy (non-hydrogen) atoms. The molecule has 0 rings (SSSR count). The summed E-state index contributed by atoms with van der Waals surface area (Å²) in [6.07, 6.45) is 40.2. The zero-order chi connectivity index (χ0) is 32.9. The molecule has 0 fully saturated rings. The summed E-state index contributed by atoms with van der Waals surface area (Å²) in [6, 6.07) is 0. The second-order valence-corrected chi connectivity index (χ2v) is 13.7. The molecule has 0 aliphatic rings. The third-order valence-electron chi connectivity index (χ3n) is 9.15. The normalized spacial score (nSPS) is 12.0. The van der Waals surface area contributed by atoms with Crippen LogP contribution in [0.25, 0.3) is 0 Å². The fraction of sp³-hybridized carbons (Fsp3) is 0.950. The third kappa shape index (κ3) is 35.6. The molecule has 0 bridgehead atoms. The highest BCUT2D eigenvalue weighted by Gasteiger charge is 2.16. The van der Waals surface area contributed by atoms with Gasteiger partial charge in [-0.25, -0.2) is 0 Å². The van der Waals surface area contributed by atoms with Crippen molar-refractivity contribution in [2.45, 2.75) is 232 Å². The Bertz CT molecular complexity index is 607. The molecule has 1 N–H and O–H groups in total. The maximum absolute atomic E-state index is 12.2. The van der Waals surface area contributed by atoms with Gasteiger partial charge < -0.3 is 14.6 Å². The van der Waals surface area contributed by atoms with Gasteiger partial charge in [0, 0.05) is 12.8 Å². The summed E-state index contributed by atoms with van der Waals surface area (Å²) in [5.74, 6) is -0.575. The first-order valence-corrected chi connectivity index (χ1v) is 20.1. The van der Waals surface area contributed by atoms with E-state index in [1.165, 1.54) is 167 Å². The minimum Gasteiger partial charge on any atom is -0.462 e. The van der Waals surface area contributed by atoms with Crippen molar-refractivity contribution >= 4 is 11.9 Å². The average Bonchev–Trinajstić information content (AvgIpc) is 3.04. The van der Waals surface area contributed by atoms with Crippen LogP contribution in [0.1, 0.15) is 226 Å². The van der Waals surface area contributed by atoms with Gasteiger partial charge in [-0.05, 0) is 12.8 Å². The topological polar surface area (TPSA) is 72.8 Å². The van der Waals surface area contributed by atoms with Gasteiger partial charge in [-0.1, -0.05) is 200 Å². The van der Waals surface area contributed by atoms with Gasteiger partial charge in [0.05, 0.1) is 6.61 Å². The molecule has 0 aliphatic carbocycles. The molecule has 0 aliphatic heterocycles. The number of ether oxygens (including phenoxy) is 2. The van der Waals surface area contributed by atoms with E-state index < -0.39 is 6.10 Å². The zero-order valence-electron chi connectivity index (χ0n) is 30.4. The standard InChI is InChI=1S/C40H78O5/c1-3-5-7-9-11-13-15-17-18-19-20-21-23-25-27-29-31-33-35-40(43)45-38(36-41)37-44-39(42)34-32-30-28-26-24-22-16-14-12-10-8-6-4-2/h38,41H,3-37H2,1-2H3/t38-/m0/s1. The summed E-state index contributed by atoms with van der Waals surface area (Å²) in [6.45, 7) is 4.16. The molecule has 5 nitrogen and oxygen atoms in total. The van der Waals surface area contributed by atoms with Crippen LogP contribution in [0.3, 0.4) is 0 Å². The van der Waals surface area contributed by atoms with Crippen molar-refractivity contribution in [2.24, 2.45) is 0 Å². The van der Waals surface area contributed by atoms with E-state index in [0.717, 1.165) is 32.1 Å². The van der Waals surface area contributed by atoms with Crippen LogP contribution in [0.4, 0.5) is 0 Å². The summed E-state index contributed by atoms with van der Waals surface area (Å²) in [7, 11) is 0. The highest BCUT2D eigenvalue weighted by molar-refractivity contribution is 5.70. The first kappa shape index (κ1) is 43.9. The van der Waals surface area contributed by atoms with Crippen LogP contribution < -0.4 is 0 Å². The third-order valence-corrected chi connectivity index (χ3v) is 9.15. The van der Waals surface area contributed by atoms with Crippen molar-refractivity contribution in [3.8, 4) is 0 Å². The molecule has 0 unspecified atom stereocenters. The Morgan fingerprint density at radius 1 is 0.422 bits per heavy atom. The SMILES string of the molecule is CCCCCCCCCCCCCCCCCCCCC(=O)O[C@@H](CO)COC(=O)CCCCCCCCCCCCCCC. The van der Waals surface area contributed by atoms with E-state index in [2.05, 4.69) is 13.8 Å².